The lowest BCUT2D eigenvalue weighted by Gasteiger charge is -2.72. The van der Waals surface area contributed by atoms with Crippen molar-refractivity contribution < 1.29 is 19.4 Å². The first-order valence-corrected chi connectivity index (χ1v) is 7.69. The second-order valence-corrected chi connectivity index (χ2v) is 6.72. The monoisotopic (exact) mass is 303 g/mol. The van der Waals surface area contributed by atoms with E-state index >= 15 is 0 Å². The van der Waals surface area contributed by atoms with Gasteiger partial charge in [-0.15, -0.1) is 0 Å². The first-order valence-electron chi connectivity index (χ1n) is 7.69. The lowest BCUT2D eigenvalue weighted by Crippen LogP contribution is -2.71. The molecule has 1 atom stereocenters. The molecule has 2 N–H and O–H groups in total. The van der Waals surface area contributed by atoms with Crippen molar-refractivity contribution in [3.05, 3.63) is 35.9 Å². The Morgan fingerprint density at radius 1 is 1.27 bits per heavy atom. The molecule has 0 saturated heterocycles. The van der Waals surface area contributed by atoms with Crippen LogP contribution in [0.3, 0.4) is 0 Å². The maximum Gasteiger partial charge on any atom is 0.408 e. The third kappa shape index (κ3) is 2.45. The average molecular weight is 303 g/mol. The highest BCUT2D eigenvalue weighted by Crippen LogP contribution is 2.76. The molecule has 5 heteroatoms. The van der Waals surface area contributed by atoms with Crippen LogP contribution in [0, 0.1) is 10.8 Å². The molecule has 0 aromatic heterocycles. The van der Waals surface area contributed by atoms with Crippen LogP contribution in [-0.2, 0) is 16.1 Å². The third-order valence-electron chi connectivity index (χ3n) is 5.27. The van der Waals surface area contributed by atoms with Gasteiger partial charge >= 0.3 is 12.1 Å². The minimum absolute atomic E-state index is 0.144. The fraction of sp³-hybridized carbons (Fsp3) is 0.529. The van der Waals surface area contributed by atoms with E-state index < -0.39 is 18.1 Å². The van der Waals surface area contributed by atoms with Crippen LogP contribution in [-0.4, -0.2) is 23.2 Å². The van der Waals surface area contributed by atoms with Crippen molar-refractivity contribution in [2.45, 2.75) is 45.3 Å². The number of carbonyl (C=O) groups is 2. The van der Waals surface area contributed by atoms with E-state index in [-0.39, 0.29) is 12.0 Å². The third-order valence-corrected chi connectivity index (χ3v) is 5.27. The summed E-state index contributed by atoms with van der Waals surface area (Å²) in [6.07, 6.45) is 3.11. The minimum Gasteiger partial charge on any atom is -0.480 e. The van der Waals surface area contributed by atoms with E-state index in [0.29, 0.717) is 5.41 Å². The number of amides is 1. The van der Waals surface area contributed by atoms with Crippen LogP contribution in [0.25, 0.3) is 0 Å². The summed E-state index contributed by atoms with van der Waals surface area (Å²) in [7, 11) is 0. The van der Waals surface area contributed by atoms with E-state index in [2.05, 4.69) is 12.2 Å². The van der Waals surface area contributed by atoms with Crippen LogP contribution < -0.4 is 5.32 Å². The smallest absolute Gasteiger partial charge is 0.408 e. The Morgan fingerprint density at radius 2 is 1.91 bits per heavy atom. The van der Waals surface area contributed by atoms with Crippen molar-refractivity contribution in [2.24, 2.45) is 10.8 Å². The molecule has 3 saturated carbocycles. The highest BCUT2D eigenvalue weighted by atomic mass is 16.5. The normalized spacial score (nSPS) is 29.7. The van der Waals surface area contributed by atoms with Gasteiger partial charge in [0.05, 0.1) is 0 Å². The Labute approximate surface area is 129 Å². The van der Waals surface area contributed by atoms with Crippen LogP contribution in [0.5, 0.6) is 0 Å². The van der Waals surface area contributed by atoms with E-state index in [9.17, 15) is 14.7 Å². The largest absolute Gasteiger partial charge is 0.480 e. The van der Waals surface area contributed by atoms with Gasteiger partial charge in [0.25, 0.3) is 0 Å². The fourth-order valence-corrected chi connectivity index (χ4v) is 4.13. The summed E-state index contributed by atoms with van der Waals surface area (Å²) < 4.78 is 5.13. The highest BCUT2D eigenvalue weighted by molar-refractivity contribution is 5.81. The standard InChI is InChI=1S/C17H21NO4/c1-2-16-9-17(10-16,11-16)13(14(19)20)18-15(21)22-8-12-6-4-3-5-7-12/h3-7,13H,2,8-11H2,1H3,(H,18,21)(H,19,20). The molecule has 3 fully saturated rings. The molecule has 0 spiro atoms. The number of hydrogen-bond acceptors (Lipinski definition) is 3. The summed E-state index contributed by atoms with van der Waals surface area (Å²) in [6.45, 7) is 2.28. The number of ether oxygens (including phenoxy) is 1. The number of aliphatic carboxylic acids is 1. The van der Waals surface area contributed by atoms with Crippen molar-refractivity contribution in [1.29, 1.82) is 0 Å². The van der Waals surface area contributed by atoms with Gasteiger partial charge in [0, 0.05) is 5.41 Å². The summed E-state index contributed by atoms with van der Waals surface area (Å²) in [5.74, 6) is -0.971. The molecular weight excluding hydrogens is 282 g/mol. The molecule has 1 aromatic rings. The van der Waals surface area contributed by atoms with Gasteiger partial charge in [0.15, 0.2) is 0 Å². The number of rotatable bonds is 6. The maximum absolute atomic E-state index is 11.9. The number of alkyl carbamates (subject to hydrolysis) is 1. The molecule has 1 aromatic carbocycles. The van der Waals surface area contributed by atoms with Crippen LogP contribution in [0.4, 0.5) is 4.79 Å². The molecule has 2 bridgehead atoms. The summed E-state index contributed by atoms with van der Waals surface area (Å²) in [5, 5.41) is 12.0. The molecule has 3 aliphatic carbocycles. The van der Waals surface area contributed by atoms with Crippen molar-refractivity contribution in [3.63, 3.8) is 0 Å². The summed E-state index contributed by atoms with van der Waals surface area (Å²) in [4.78, 5) is 23.4. The van der Waals surface area contributed by atoms with Gasteiger partial charge < -0.3 is 15.2 Å². The fourth-order valence-electron chi connectivity index (χ4n) is 4.13. The Balaban J connectivity index is 1.54. The van der Waals surface area contributed by atoms with Gasteiger partial charge in [-0.2, -0.15) is 0 Å². The van der Waals surface area contributed by atoms with Crippen LogP contribution in [0.2, 0.25) is 0 Å². The topological polar surface area (TPSA) is 75.6 Å². The molecule has 4 rings (SSSR count). The van der Waals surface area contributed by atoms with E-state index in [4.69, 9.17) is 4.74 Å². The highest BCUT2D eigenvalue weighted by Gasteiger charge is 2.71. The number of nitrogens with one attached hydrogen (secondary N) is 1. The zero-order valence-corrected chi connectivity index (χ0v) is 12.7. The van der Waals surface area contributed by atoms with E-state index in [1.54, 1.807) is 0 Å². The maximum atomic E-state index is 11.9. The predicted molar refractivity (Wildman–Crippen MR) is 80.2 cm³/mol. The predicted octanol–water partition coefficient (Wildman–Crippen LogP) is 2.95. The Hall–Kier alpha value is -2.04. The van der Waals surface area contributed by atoms with Crippen LogP contribution in [0.15, 0.2) is 30.3 Å². The summed E-state index contributed by atoms with van der Waals surface area (Å²) in [6, 6.07) is 8.48. The quantitative estimate of drug-likeness (QED) is 0.847. The van der Waals surface area contributed by atoms with Gasteiger partial charge in [-0.1, -0.05) is 43.7 Å². The van der Waals surface area contributed by atoms with Gasteiger partial charge in [-0.25, -0.2) is 9.59 Å². The first-order chi connectivity index (χ1) is 10.5. The second kappa shape index (κ2) is 5.30. The number of hydrogen-bond donors (Lipinski definition) is 2. The van der Waals surface area contributed by atoms with Gasteiger partial charge in [0.1, 0.15) is 12.6 Å². The molecule has 1 unspecified atom stereocenters. The van der Waals surface area contributed by atoms with E-state index in [0.717, 1.165) is 31.2 Å². The number of carboxylic acid groups (broad SMARTS) is 1. The first kappa shape index (κ1) is 14.9. The van der Waals surface area contributed by atoms with Gasteiger partial charge in [-0.05, 0) is 30.2 Å². The Kier molecular flexibility index (Phi) is 3.59. The van der Waals surface area contributed by atoms with Gasteiger partial charge in [-0.3, -0.25) is 0 Å². The summed E-state index contributed by atoms with van der Waals surface area (Å²) >= 11 is 0. The van der Waals surface area contributed by atoms with Crippen LogP contribution in [0.1, 0.15) is 38.2 Å². The molecule has 0 aliphatic heterocycles. The number of benzene rings is 1. The van der Waals surface area contributed by atoms with E-state index in [1.807, 2.05) is 30.3 Å². The van der Waals surface area contributed by atoms with Crippen molar-refractivity contribution in [1.82, 2.24) is 5.32 Å². The molecule has 1 amide bonds. The van der Waals surface area contributed by atoms with Crippen molar-refractivity contribution >= 4 is 12.1 Å². The van der Waals surface area contributed by atoms with E-state index in [1.165, 1.54) is 0 Å². The number of carbonyl (C=O) groups excluding carboxylic acids is 1. The Morgan fingerprint density at radius 3 is 2.45 bits per heavy atom. The lowest BCUT2D eigenvalue weighted by atomic mass is 9.32. The molecule has 118 valence electrons. The SMILES string of the molecule is CCC12CC(C(NC(=O)OCc3ccccc3)C(=O)O)(C1)C2. The zero-order chi connectivity index (χ0) is 15.8. The molecule has 0 radical (unpaired) electrons. The number of carboxylic acids is 1. The van der Waals surface area contributed by atoms with Crippen LogP contribution >= 0.6 is 0 Å². The second-order valence-electron chi connectivity index (χ2n) is 6.72. The summed E-state index contributed by atoms with van der Waals surface area (Å²) in [5.41, 5.74) is 0.955. The molecule has 3 aliphatic rings. The van der Waals surface area contributed by atoms with Crippen molar-refractivity contribution in [2.75, 3.05) is 0 Å². The zero-order valence-electron chi connectivity index (χ0n) is 12.7. The molecular formula is C17H21NO4. The van der Waals surface area contributed by atoms with Gasteiger partial charge in [0.2, 0.25) is 0 Å². The minimum atomic E-state index is -0.971. The lowest BCUT2D eigenvalue weighted by molar-refractivity contribution is -0.225. The molecule has 22 heavy (non-hydrogen) atoms. The Bertz CT molecular complexity index is 564. The average Bonchev–Trinajstić information content (AvgIpc) is 2.42. The van der Waals surface area contributed by atoms with Crippen molar-refractivity contribution in [3.8, 4) is 0 Å². The molecule has 5 nitrogen and oxygen atoms in total. The molecule has 0 heterocycles.